The van der Waals surface area contributed by atoms with E-state index >= 15 is 0 Å². The van der Waals surface area contributed by atoms with Crippen molar-refractivity contribution in [1.29, 1.82) is 0 Å². The van der Waals surface area contributed by atoms with Crippen LogP contribution in [0.1, 0.15) is 24.0 Å². The minimum Gasteiger partial charge on any atom is -0.486 e. The number of benzene rings is 2. The Morgan fingerprint density at radius 3 is 2.54 bits per heavy atom. The highest BCUT2D eigenvalue weighted by atomic mass is 16.6. The predicted octanol–water partition coefficient (Wildman–Crippen LogP) is 3.14. The lowest BCUT2D eigenvalue weighted by molar-refractivity contribution is -0.121. The second kappa shape index (κ2) is 8.39. The topological polar surface area (TPSA) is 47.6 Å². The van der Waals surface area contributed by atoms with Crippen LogP contribution in [0.25, 0.3) is 0 Å². The molecule has 3 rings (SSSR count). The molecule has 2 aromatic rings. The fourth-order valence-corrected chi connectivity index (χ4v) is 2.75. The first-order chi connectivity index (χ1) is 11.8. The van der Waals surface area contributed by atoms with E-state index in [1.165, 1.54) is 5.56 Å². The molecule has 0 bridgehead atoms. The number of carbonyl (C=O) groups excluding carboxylic acids is 1. The minimum atomic E-state index is 0.0953. The molecule has 1 heterocycles. The van der Waals surface area contributed by atoms with Gasteiger partial charge in [-0.3, -0.25) is 4.79 Å². The maximum atomic E-state index is 11.9. The van der Waals surface area contributed by atoms with E-state index in [2.05, 4.69) is 17.4 Å². The van der Waals surface area contributed by atoms with Crippen LogP contribution in [0, 0.1) is 0 Å². The van der Waals surface area contributed by atoms with Crippen LogP contribution in [0.15, 0.2) is 48.5 Å². The van der Waals surface area contributed by atoms with Crippen LogP contribution in [0.5, 0.6) is 11.5 Å². The normalized spacial score (nSPS) is 12.7. The van der Waals surface area contributed by atoms with E-state index in [1.807, 2.05) is 36.4 Å². The van der Waals surface area contributed by atoms with Gasteiger partial charge >= 0.3 is 0 Å². The van der Waals surface area contributed by atoms with Gasteiger partial charge < -0.3 is 14.8 Å². The quantitative estimate of drug-likeness (QED) is 0.796. The summed E-state index contributed by atoms with van der Waals surface area (Å²) < 4.78 is 11.1. The Morgan fingerprint density at radius 1 is 0.917 bits per heavy atom. The molecule has 0 spiro atoms. The van der Waals surface area contributed by atoms with E-state index in [-0.39, 0.29) is 5.91 Å². The van der Waals surface area contributed by atoms with Crippen molar-refractivity contribution in [2.45, 2.75) is 25.7 Å². The van der Waals surface area contributed by atoms with Gasteiger partial charge in [0.2, 0.25) is 5.91 Å². The Labute approximate surface area is 142 Å². The average molecular weight is 325 g/mol. The molecule has 4 nitrogen and oxygen atoms in total. The summed E-state index contributed by atoms with van der Waals surface area (Å²) in [5, 5.41) is 2.99. The number of hydrogen-bond donors (Lipinski definition) is 1. The molecular weight excluding hydrogens is 302 g/mol. The third kappa shape index (κ3) is 4.75. The number of carbonyl (C=O) groups is 1. The van der Waals surface area contributed by atoms with Crippen molar-refractivity contribution in [3.05, 3.63) is 59.7 Å². The zero-order valence-corrected chi connectivity index (χ0v) is 13.8. The standard InChI is InChI=1S/C20H23NO3/c22-20(21-12-4-7-16-5-2-1-3-6-16)11-9-17-8-10-18-19(15-17)24-14-13-23-18/h1-3,5-6,8,10,15H,4,7,9,11-14H2,(H,21,22). The molecule has 0 aromatic heterocycles. The van der Waals surface area contributed by atoms with Gasteiger partial charge in [0.1, 0.15) is 13.2 Å². The monoisotopic (exact) mass is 325 g/mol. The van der Waals surface area contributed by atoms with E-state index in [0.29, 0.717) is 26.1 Å². The van der Waals surface area contributed by atoms with Crippen molar-refractivity contribution in [3.63, 3.8) is 0 Å². The van der Waals surface area contributed by atoms with Gasteiger partial charge in [-0.15, -0.1) is 0 Å². The number of aryl methyl sites for hydroxylation is 2. The molecule has 0 saturated carbocycles. The van der Waals surface area contributed by atoms with Gasteiger partial charge in [0.05, 0.1) is 0 Å². The van der Waals surface area contributed by atoms with Crippen LogP contribution in [0.2, 0.25) is 0 Å². The molecule has 1 N–H and O–H groups in total. The van der Waals surface area contributed by atoms with Gasteiger partial charge in [-0.25, -0.2) is 0 Å². The molecule has 1 aliphatic rings. The van der Waals surface area contributed by atoms with E-state index in [0.717, 1.165) is 36.4 Å². The molecule has 0 aliphatic carbocycles. The Morgan fingerprint density at radius 2 is 1.71 bits per heavy atom. The van der Waals surface area contributed by atoms with Gasteiger partial charge in [-0.2, -0.15) is 0 Å². The maximum Gasteiger partial charge on any atom is 0.220 e. The molecule has 1 aliphatic heterocycles. The van der Waals surface area contributed by atoms with Crippen LogP contribution < -0.4 is 14.8 Å². The van der Waals surface area contributed by atoms with Crippen molar-refractivity contribution in [3.8, 4) is 11.5 Å². The summed E-state index contributed by atoms with van der Waals surface area (Å²) in [6, 6.07) is 16.2. The summed E-state index contributed by atoms with van der Waals surface area (Å²) in [5.41, 5.74) is 2.40. The number of hydrogen-bond acceptors (Lipinski definition) is 3. The van der Waals surface area contributed by atoms with Gasteiger partial charge in [0.25, 0.3) is 0 Å². The molecule has 0 unspecified atom stereocenters. The van der Waals surface area contributed by atoms with Crippen molar-refractivity contribution in [2.75, 3.05) is 19.8 Å². The van der Waals surface area contributed by atoms with Crippen LogP contribution in [-0.2, 0) is 17.6 Å². The summed E-state index contributed by atoms with van der Waals surface area (Å²) >= 11 is 0. The Kier molecular flexibility index (Phi) is 5.72. The van der Waals surface area contributed by atoms with E-state index in [9.17, 15) is 4.79 Å². The van der Waals surface area contributed by atoms with Gasteiger partial charge in [-0.05, 0) is 42.5 Å². The summed E-state index contributed by atoms with van der Waals surface area (Å²) in [5.74, 6) is 1.66. The van der Waals surface area contributed by atoms with E-state index < -0.39 is 0 Å². The van der Waals surface area contributed by atoms with Crippen molar-refractivity contribution in [2.24, 2.45) is 0 Å². The highest BCUT2D eigenvalue weighted by Crippen LogP contribution is 2.31. The lowest BCUT2D eigenvalue weighted by Gasteiger charge is -2.18. The summed E-state index contributed by atoms with van der Waals surface area (Å²) in [7, 11) is 0. The first kappa shape index (κ1) is 16.4. The molecule has 24 heavy (non-hydrogen) atoms. The van der Waals surface area contributed by atoms with E-state index in [4.69, 9.17) is 9.47 Å². The van der Waals surface area contributed by atoms with Gasteiger partial charge in [0, 0.05) is 13.0 Å². The molecule has 2 aromatic carbocycles. The average Bonchev–Trinajstić information content (AvgIpc) is 2.64. The minimum absolute atomic E-state index is 0.0953. The molecule has 4 heteroatoms. The highest BCUT2D eigenvalue weighted by Gasteiger charge is 2.12. The molecule has 0 atom stereocenters. The first-order valence-corrected chi connectivity index (χ1v) is 8.50. The second-order valence-corrected chi connectivity index (χ2v) is 5.92. The molecule has 0 radical (unpaired) electrons. The third-order valence-electron chi connectivity index (χ3n) is 4.05. The lowest BCUT2D eigenvalue weighted by atomic mass is 10.1. The van der Waals surface area contributed by atoms with Crippen LogP contribution in [0.3, 0.4) is 0 Å². The summed E-state index contributed by atoms with van der Waals surface area (Å²) in [4.78, 5) is 11.9. The Hall–Kier alpha value is -2.49. The van der Waals surface area contributed by atoms with Crippen molar-refractivity contribution in [1.82, 2.24) is 5.32 Å². The van der Waals surface area contributed by atoms with Crippen molar-refractivity contribution < 1.29 is 14.3 Å². The Balaban J connectivity index is 1.36. The van der Waals surface area contributed by atoms with Crippen LogP contribution in [0.4, 0.5) is 0 Å². The molecule has 126 valence electrons. The smallest absolute Gasteiger partial charge is 0.220 e. The molecule has 0 fully saturated rings. The largest absolute Gasteiger partial charge is 0.486 e. The maximum absolute atomic E-state index is 11.9. The third-order valence-corrected chi connectivity index (χ3v) is 4.05. The number of ether oxygens (including phenoxy) is 2. The number of amides is 1. The van der Waals surface area contributed by atoms with E-state index in [1.54, 1.807) is 0 Å². The fraction of sp³-hybridized carbons (Fsp3) is 0.350. The predicted molar refractivity (Wildman–Crippen MR) is 93.5 cm³/mol. The number of fused-ring (bicyclic) bond motifs is 1. The second-order valence-electron chi connectivity index (χ2n) is 5.92. The lowest BCUT2D eigenvalue weighted by Crippen LogP contribution is -2.25. The van der Waals surface area contributed by atoms with Crippen LogP contribution in [-0.4, -0.2) is 25.7 Å². The fourth-order valence-electron chi connectivity index (χ4n) is 2.75. The highest BCUT2D eigenvalue weighted by molar-refractivity contribution is 5.76. The zero-order valence-electron chi connectivity index (χ0n) is 13.8. The van der Waals surface area contributed by atoms with Crippen molar-refractivity contribution >= 4 is 5.91 Å². The van der Waals surface area contributed by atoms with Crippen LogP contribution >= 0.6 is 0 Å². The number of nitrogens with one attached hydrogen (secondary N) is 1. The molecular formula is C20H23NO3. The zero-order chi connectivity index (χ0) is 16.6. The number of rotatable bonds is 7. The van der Waals surface area contributed by atoms with Gasteiger partial charge in [-0.1, -0.05) is 36.4 Å². The molecule has 1 amide bonds. The molecule has 0 saturated heterocycles. The van der Waals surface area contributed by atoms with Gasteiger partial charge in [0.15, 0.2) is 11.5 Å². The summed E-state index contributed by atoms with van der Waals surface area (Å²) in [6.07, 6.45) is 3.15. The first-order valence-electron chi connectivity index (χ1n) is 8.50. The SMILES string of the molecule is O=C(CCc1ccc2c(c1)OCCO2)NCCCc1ccccc1. The summed E-state index contributed by atoms with van der Waals surface area (Å²) in [6.45, 7) is 1.89. The Bertz CT molecular complexity index is 670.